The first-order valence-corrected chi connectivity index (χ1v) is 5.35. The molecule has 15 heavy (non-hydrogen) atoms. The van der Waals surface area contributed by atoms with Crippen molar-refractivity contribution in [2.24, 2.45) is 0 Å². The summed E-state index contributed by atoms with van der Waals surface area (Å²) in [5.74, 6) is -2.53. The van der Waals surface area contributed by atoms with E-state index in [4.69, 9.17) is 0 Å². The van der Waals surface area contributed by atoms with Gasteiger partial charge in [0.15, 0.2) is 0 Å². The fourth-order valence-electron chi connectivity index (χ4n) is 1.48. The number of hydrogen-bond donors (Lipinski definition) is 0. The van der Waals surface area contributed by atoms with E-state index in [1.54, 1.807) is 0 Å². The van der Waals surface area contributed by atoms with Crippen LogP contribution in [0.1, 0.15) is 31.2 Å². The number of benzene rings is 1. The lowest BCUT2D eigenvalue weighted by Crippen LogP contribution is -2.16. The lowest BCUT2D eigenvalue weighted by Gasteiger charge is -2.15. The Labute approximate surface area is 90.3 Å². The molecule has 0 atom stereocenters. The molecule has 0 aliphatic rings. The molecule has 0 aliphatic heterocycles. The highest BCUT2D eigenvalue weighted by Crippen LogP contribution is 2.26. The molecule has 1 aromatic carbocycles. The highest BCUT2D eigenvalue weighted by Gasteiger charge is 2.27. The largest absolute Gasteiger partial charge is 0.248 e. The highest BCUT2D eigenvalue weighted by atomic mass is 19.3. The van der Waals surface area contributed by atoms with Gasteiger partial charge in [0, 0.05) is 12.8 Å². The number of aryl methyl sites for hydroxylation is 1. The molecule has 1 radical (unpaired) electrons. The highest BCUT2D eigenvalue weighted by molar-refractivity contribution is 5.14. The van der Waals surface area contributed by atoms with Crippen LogP contribution in [0.25, 0.3) is 0 Å². The van der Waals surface area contributed by atoms with Crippen molar-refractivity contribution in [1.82, 2.24) is 0 Å². The van der Waals surface area contributed by atoms with Gasteiger partial charge in [-0.05, 0) is 18.4 Å². The van der Waals surface area contributed by atoms with E-state index in [1.165, 1.54) is 0 Å². The van der Waals surface area contributed by atoms with Gasteiger partial charge in [-0.2, -0.15) is 0 Å². The van der Waals surface area contributed by atoms with Gasteiger partial charge in [0.1, 0.15) is 0 Å². The second kappa shape index (κ2) is 5.84. The Morgan fingerprint density at radius 1 is 1.07 bits per heavy atom. The Morgan fingerprint density at radius 2 is 1.73 bits per heavy atom. The van der Waals surface area contributed by atoms with Crippen LogP contribution in [0.5, 0.6) is 0 Å². The Morgan fingerprint density at radius 3 is 2.33 bits per heavy atom. The number of halogens is 2. The molecule has 0 N–H and O–H groups in total. The van der Waals surface area contributed by atoms with Gasteiger partial charge in [-0.25, -0.2) is 8.78 Å². The molecule has 0 aromatic heterocycles. The molecular formula is C13H17F2. The summed E-state index contributed by atoms with van der Waals surface area (Å²) >= 11 is 0. The Hall–Kier alpha value is -0.920. The van der Waals surface area contributed by atoms with Crippen molar-refractivity contribution >= 4 is 0 Å². The molecule has 0 nitrogen and oxygen atoms in total. The van der Waals surface area contributed by atoms with Crippen LogP contribution in [0.4, 0.5) is 8.78 Å². The third kappa shape index (κ3) is 4.91. The summed E-state index contributed by atoms with van der Waals surface area (Å²) in [6, 6.07) is 9.42. The molecule has 1 rings (SSSR count). The molecule has 0 saturated heterocycles. The summed E-state index contributed by atoms with van der Waals surface area (Å²) in [5, 5.41) is 0. The first-order chi connectivity index (χ1) is 7.14. The van der Waals surface area contributed by atoms with Crippen LogP contribution in [0.15, 0.2) is 30.3 Å². The molecule has 0 aliphatic carbocycles. The quantitative estimate of drug-likeness (QED) is 0.659. The minimum atomic E-state index is -2.53. The van der Waals surface area contributed by atoms with E-state index in [0.29, 0.717) is 19.3 Å². The van der Waals surface area contributed by atoms with E-state index < -0.39 is 5.92 Å². The Balaban J connectivity index is 2.35. The molecule has 83 valence electrons. The van der Waals surface area contributed by atoms with Crippen LogP contribution in [0.2, 0.25) is 0 Å². The lowest BCUT2D eigenvalue weighted by molar-refractivity contribution is -0.0173. The maximum Gasteiger partial charge on any atom is 0.248 e. The number of hydrogen-bond acceptors (Lipinski definition) is 0. The summed E-state index contributed by atoms with van der Waals surface area (Å²) in [4.78, 5) is 0. The average molecular weight is 211 g/mol. The zero-order valence-corrected chi connectivity index (χ0v) is 8.89. The topological polar surface area (TPSA) is 0 Å². The number of unbranched alkanes of at least 4 members (excludes halogenated alkanes) is 1. The summed E-state index contributed by atoms with van der Waals surface area (Å²) in [5.41, 5.74) is 0.979. The summed E-state index contributed by atoms with van der Waals surface area (Å²) in [7, 11) is 0. The smallest absolute Gasteiger partial charge is 0.207 e. The molecule has 0 spiro atoms. The van der Waals surface area contributed by atoms with Crippen molar-refractivity contribution in [1.29, 1.82) is 0 Å². The number of rotatable bonds is 6. The van der Waals surface area contributed by atoms with Gasteiger partial charge >= 0.3 is 0 Å². The van der Waals surface area contributed by atoms with E-state index >= 15 is 0 Å². The van der Waals surface area contributed by atoms with E-state index in [9.17, 15) is 8.78 Å². The molecule has 0 amide bonds. The molecular weight excluding hydrogens is 194 g/mol. The molecule has 0 unspecified atom stereocenters. The Bertz CT molecular complexity index is 267. The molecule has 0 saturated carbocycles. The first kappa shape index (κ1) is 12.2. The fourth-order valence-corrected chi connectivity index (χ4v) is 1.48. The van der Waals surface area contributed by atoms with Gasteiger partial charge in [-0.1, -0.05) is 43.7 Å². The van der Waals surface area contributed by atoms with Crippen molar-refractivity contribution < 1.29 is 8.78 Å². The van der Waals surface area contributed by atoms with Gasteiger partial charge in [0.2, 0.25) is 5.92 Å². The second-order valence-electron chi connectivity index (χ2n) is 3.80. The lowest BCUT2D eigenvalue weighted by atomic mass is 10.0. The molecule has 0 fully saturated rings. The van der Waals surface area contributed by atoms with Crippen molar-refractivity contribution in [3.8, 4) is 0 Å². The van der Waals surface area contributed by atoms with Crippen LogP contribution < -0.4 is 0 Å². The van der Waals surface area contributed by atoms with E-state index in [0.717, 1.165) is 5.56 Å². The zero-order chi connectivity index (χ0) is 11.1. The normalized spacial score (nSPS) is 11.7. The predicted octanol–water partition coefficient (Wildman–Crippen LogP) is 4.26. The maximum atomic E-state index is 13.3. The zero-order valence-electron chi connectivity index (χ0n) is 8.89. The minimum Gasteiger partial charge on any atom is -0.207 e. The van der Waals surface area contributed by atoms with E-state index in [2.05, 4.69) is 6.92 Å². The van der Waals surface area contributed by atoms with Crippen molar-refractivity contribution in [2.75, 3.05) is 0 Å². The predicted molar refractivity (Wildman–Crippen MR) is 58.9 cm³/mol. The summed E-state index contributed by atoms with van der Waals surface area (Å²) in [6.45, 7) is 3.57. The summed E-state index contributed by atoms with van der Waals surface area (Å²) in [6.07, 6.45) is 1.44. The van der Waals surface area contributed by atoms with Crippen LogP contribution in [0, 0.1) is 6.92 Å². The minimum absolute atomic E-state index is 0.0384. The van der Waals surface area contributed by atoms with Gasteiger partial charge in [-0.15, -0.1) is 0 Å². The number of alkyl halides is 2. The molecule has 2 heteroatoms. The molecule has 0 heterocycles. The molecule has 0 bridgehead atoms. The van der Waals surface area contributed by atoms with Crippen molar-refractivity contribution in [3.63, 3.8) is 0 Å². The van der Waals surface area contributed by atoms with Crippen LogP contribution in [-0.2, 0) is 6.42 Å². The summed E-state index contributed by atoms with van der Waals surface area (Å²) < 4.78 is 26.5. The SMILES string of the molecule is [CH2]CCCC(F)(F)CCc1ccccc1. The molecule has 1 aromatic rings. The second-order valence-corrected chi connectivity index (χ2v) is 3.80. The van der Waals surface area contributed by atoms with Gasteiger partial charge in [0.25, 0.3) is 0 Å². The van der Waals surface area contributed by atoms with Crippen molar-refractivity contribution in [2.45, 2.75) is 38.0 Å². The Kier molecular flexibility index (Phi) is 4.73. The van der Waals surface area contributed by atoms with Crippen LogP contribution in [0.3, 0.4) is 0 Å². The standard InChI is InChI=1S/C13H17F2/c1-2-3-10-13(14,15)11-9-12-7-5-4-6-8-12/h4-8H,1-3,9-11H2. The van der Waals surface area contributed by atoms with Gasteiger partial charge < -0.3 is 0 Å². The first-order valence-electron chi connectivity index (χ1n) is 5.35. The average Bonchev–Trinajstić information content (AvgIpc) is 2.25. The fraction of sp³-hybridized carbons (Fsp3) is 0.462. The van der Waals surface area contributed by atoms with Crippen LogP contribution in [-0.4, -0.2) is 5.92 Å². The van der Waals surface area contributed by atoms with E-state index in [-0.39, 0.29) is 12.8 Å². The van der Waals surface area contributed by atoms with Gasteiger partial charge in [-0.3, -0.25) is 0 Å². The van der Waals surface area contributed by atoms with E-state index in [1.807, 2.05) is 30.3 Å². The maximum absolute atomic E-state index is 13.3. The van der Waals surface area contributed by atoms with Crippen LogP contribution >= 0.6 is 0 Å². The van der Waals surface area contributed by atoms with Gasteiger partial charge in [0.05, 0.1) is 0 Å². The monoisotopic (exact) mass is 211 g/mol. The third-order valence-electron chi connectivity index (χ3n) is 2.41. The third-order valence-corrected chi connectivity index (χ3v) is 2.41. The van der Waals surface area contributed by atoms with Crippen molar-refractivity contribution in [3.05, 3.63) is 42.8 Å².